The van der Waals surface area contributed by atoms with E-state index in [0.717, 1.165) is 18.2 Å². The van der Waals surface area contributed by atoms with Gasteiger partial charge in [-0.2, -0.15) is 4.52 Å². The van der Waals surface area contributed by atoms with Gasteiger partial charge in [-0.25, -0.2) is 17.5 Å². The summed E-state index contributed by atoms with van der Waals surface area (Å²) in [4.78, 5) is 9.77. The molecule has 0 saturated heterocycles. The number of nitrogens with one attached hydrogen (secondary N) is 1. The highest BCUT2D eigenvalue weighted by Gasteiger charge is 2.21. The Morgan fingerprint density at radius 2 is 1.97 bits per heavy atom. The average molecular weight is 493 g/mol. The second-order valence-electron chi connectivity index (χ2n) is 6.59. The van der Waals surface area contributed by atoms with Crippen LogP contribution in [0, 0.1) is 15.9 Å². The molecule has 170 valence electrons. The summed E-state index contributed by atoms with van der Waals surface area (Å²) < 4.78 is 47.6. The molecule has 0 atom stereocenters. The fourth-order valence-corrected chi connectivity index (χ4v) is 4.41. The van der Waals surface area contributed by atoms with Gasteiger partial charge in [0.2, 0.25) is 15.9 Å². The zero-order chi connectivity index (χ0) is 23.6. The second-order valence-corrected chi connectivity index (χ2v) is 8.74. The van der Waals surface area contributed by atoms with E-state index in [9.17, 15) is 22.9 Å². The summed E-state index contributed by atoms with van der Waals surface area (Å²) >= 11 is 5.89. The van der Waals surface area contributed by atoms with Gasteiger partial charge >= 0.3 is 0 Å². The van der Waals surface area contributed by atoms with Gasteiger partial charge in [-0.3, -0.25) is 10.1 Å². The maximum atomic E-state index is 13.5. The lowest BCUT2D eigenvalue weighted by Gasteiger charge is -2.09. The average Bonchev–Trinajstić information content (AvgIpc) is 3.20. The molecular formula is C19H14ClFN6O5S. The first-order chi connectivity index (χ1) is 15.7. The van der Waals surface area contributed by atoms with Crippen molar-refractivity contribution in [2.75, 3.05) is 13.2 Å². The number of non-ortho nitro benzene ring substituents is 1. The third kappa shape index (κ3) is 4.89. The van der Waals surface area contributed by atoms with E-state index in [1.54, 1.807) is 12.1 Å². The van der Waals surface area contributed by atoms with E-state index in [4.69, 9.17) is 16.3 Å². The molecule has 0 saturated carbocycles. The molecular weight excluding hydrogens is 479 g/mol. The number of fused-ring (bicyclic) bond motifs is 1. The molecule has 0 unspecified atom stereocenters. The Morgan fingerprint density at radius 1 is 1.15 bits per heavy atom. The number of nitro groups is 1. The van der Waals surface area contributed by atoms with Crippen LogP contribution in [0.3, 0.4) is 0 Å². The van der Waals surface area contributed by atoms with Crippen molar-refractivity contribution >= 4 is 33.0 Å². The number of rotatable bonds is 8. The molecule has 0 spiro atoms. The van der Waals surface area contributed by atoms with E-state index in [2.05, 4.69) is 20.0 Å². The van der Waals surface area contributed by atoms with Crippen LogP contribution in [-0.2, 0) is 10.0 Å². The first kappa shape index (κ1) is 22.5. The molecule has 4 aromatic rings. The van der Waals surface area contributed by atoms with Crippen LogP contribution in [0.5, 0.6) is 5.88 Å². The van der Waals surface area contributed by atoms with Crippen LogP contribution in [0.15, 0.2) is 59.5 Å². The lowest BCUT2D eigenvalue weighted by atomic mass is 10.2. The van der Waals surface area contributed by atoms with E-state index in [1.165, 1.54) is 28.8 Å². The monoisotopic (exact) mass is 492 g/mol. The molecule has 2 aromatic carbocycles. The molecule has 1 N–H and O–H groups in total. The summed E-state index contributed by atoms with van der Waals surface area (Å²) in [6.45, 7) is -0.276. The van der Waals surface area contributed by atoms with E-state index in [1.807, 2.05) is 0 Å². The van der Waals surface area contributed by atoms with E-state index in [0.29, 0.717) is 17.0 Å². The molecule has 2 heterocycles. The second kappa shape index (κ2) is 9.05. The number of benzene rings is 2. The van der Waals surface area contributed by atoms with Gasteiger partial charge in [-0.05, 0) is 24.3 Å². The predicted molar refractivity (Wildman–Crippen MR) is 115 cm³/mol. The number of hydrogen-bond acceptors (Lipinski definition) is 8. The van der Waals surface area contributed by atoms with Crippen LogP contribution in [0.4, 0.5) is 10.1 Å². The summed E-state index contributed by atoms with van der Waals surface area (Å²) in [7, 11) is -4.12. The smallest absolute Gasteiger partial charge is 0.270 e. The highest BCUT2D eigenvalue weighted by atomic mass is 35.5. The third-order valence-corrected chi connectivity index (χ3v) is 6.32. The SMILES string of the molecule is O=[N+]([O-])c1ccc(Cl)c(S(=O)(=O)NCCOc2ccc3nnc(-c4cccc(F)c4)n3n2)c1. The first-order valence-electron chi connectivity index (χ1n) is 9.29. The maximum Gasteiger partial charge on any atom is 0.270 e. The van der Waals surface area contributed by atoms with Gasteiger partial charge in [0.25, 0.3) is 5.69 Å². The molecule has 0 radical (unpaired) electrons. The van der Waals surface area contributed by atoms with Crippen molar-refractivity contribution in [3.63, 3.8) is 0 Å². The minimum atomic E-state index is -4.12. The van der Waals surface area contributed by atoms with Crippen molar-refractivity contribution in [2.45, 2.75) is 4.90 Å². The summed E-state index contributed by atoms with van der Waals surface area (Å²) in [5.74, 6) is 0.0105. The van der Waals surface area contributed by atoms with Crippen molar-refractivity contribution in [3.8, 4) is 17.3 Å². The van der Waals surface area contributed by atoms with Crippen LogP contribution in [0.1, 0.15) is 0 Å². The third-order valence-electron chi connectivity index (χ3n) is 4.38. The van der Waals surface area contributed by atoms with Crippen LogP contribution >= 0.6 is 11.6 Å². The van der Waals surface area contributed by atoms with Gasteiger partial charge in [0.05, 0.1) is 9.95 Å². The number of aromatic nitrogens is 4. The lowest BCUT2D eigenvalue weighted by molar-refractivity contribution is -0.385. The van der Waals surface area contributed by atoms with Gasteiger partial charge < -0.3 is 4.74 Å². The number of ether oxygens (including phenoxy) is 1. The van der Waals surface area contributed by atoms with Gasteiger partial charge in [0.1, 0.15) is 17.3 Å². The normalized spacial score (nSPS) is 11.6. The van der Waals surface area contributed by atoms with Gasteiger partial charge in [-0.15, -0.1) is 15.3 Å². The highest BCUT2D eigenvalue weighted by molar-refractivity contribution is 7.89. The Hall–Kier alpha value is -3.68. The fourth-order valence-electron chi connectivity index (χ4n) is 2.88. The molecule has 11 nitrogen and oxygen atoms in total. The van der Waals surface area contributed by atoms with E-state index >= 15 is 0 Å². The van der Waals surface area contributed by atoms with Crippen molar-refractivity contribution in [1.29, 1.82) is 0 Å². The van der Waals surface area contributed by atoms with Crippen molar-refractivity contribution in [3.05, 3.63) is 75.6 Å². The molecule has 0 bridgehead atoms. The van der Waals surface area contributed by atoms with Gasteiger partial charge in [0.15, 0.2) is 11.5 Å². The standard InChI is InChI=1S/C19H14ClFN6O5S/c20-15-5-4-14(27(28)29)11-16(15)33(30,31)22-8-9-32-18-7-6-17-23-24-19(26(17)25-18)12-2-1-3-13(21)10-12/h1-7,10-11,22H,8-9H2. The highest BCUT2D eigenvalue weighted by Crippen LogP contribution is 2.26. The molecule has 0 amide bonds. The molecule has 2 aromatic heterocycles. The predicted octanol–water partition coefficient (Wildman–Crippen LogP) is 2.85. The summed E-state index contributed by atoms with van der Waals surface area (Å²) in [5, 5.41) is 23.0. The minimum Gasteiger partial charge on any atom is -0.475 e. The minimum absolute atomic E-state index is 0.109. The summed E-state index contributed by atoms with van der Waals surface area (Å²) in [5.41, 5.74) is 0.466. The lowest BCUT2D eigenvalue weighted by Crippen LogP contribution is -2.28. The zero-order valence-corrected chi connectivity index (χ0v) is 18.1. The number of sulfonamides is 1. The topological polar surface area (TPSA) is 142 Å². The van der Waals surface area contributed by atoms with Crippen molar-refractivity contribution < 1.29 is 22.5 Å². The molecule has 4 rings (SSSR count). The fraction of sp³-hybridized carbons (Fsp3) is 0.105. The Kier molecular flexibility index (Phi) is 6.18. The molecule has 0 aliphatic heterocycles. The molecule has 0 aliphatic rings. The largest absolute Gasteiger partial charge is 0.475 e. The van der Waals surface area contributed by atoms with Crippen LogP contribution < -0.4 is 9.46 Å². The quantitative estimate of drug-likeness (QED) is 0.225. The molecule has 0 aliphatic carbocycles. The Balaban J connectivity index is 1.45. The van der Waals surface area contributed by atoms with Crippen LogP contribution in [0.25, 0.3) is 17.0 Å². The Morgan fingerprint density at radius 3 is 2.73 bits per heavy atom. The molecule has 33 heavy (non-hydrogen) atoms. The van der Waals surface area contributed by atoms with Gasteiger partial charge in [0, 0.05) is 30.3 Å². The summed E-state index contributed by atoms with van der Waals surface area (Å²) in [6, 6.07) is 12.0. The maximum absolute atomic E-state index is 13.5. The molecule has 14 heteroatoms. The van der Waals surface area contributed by atoms with E-state index < -0.39 is 31.3 Å². The van der Waals surface area contributed by atoms with Crippen LogP contribution in [0.2, 0.25) is 5.02 Å². The van der Waals surface area contributed by atoms with Gasteiger partial charge in [-0.1, -0.05) is 23.7 Å². The van der Waals surface area contributed by atoms with Crippen molar-refractivity contribution in [2.24, 2.45) is 0 Å². The number of hydrogen-bond donors (Lipinski definition) is 1. The Bertz CT molecular complexity index is 1460. The Labute approximate surface area is 191 Å². The van der Waals surface area contributed by atoms with E-state index in [-0.39, 0.29) is 24.1 Å². The number of halogens is 2. The van der Waals surface area contributed by atoms with Crippen molar-refractivity contribution in [1.82, 2.24) is 24.5 Å². The zero-order valence-electron chi connectivity index (χ0n) is 16.6. The first-order valence-corrected chi connectivity index (χ1v) is 11.2. The molecule has 0 fully saturated rings. The summed E-state index contributed by atoms with van der Waals surface area (Å²) in [6.07, 6.45) is 0. The van der Waals surface area contributed by atoms with Crippen LogP contribution in [-0.4, -0.2) is 46.3 Å². The number of nitrogens with zero attached hydrogens (tertiary/aromatic N) is 5. The number of nitro benzene ring substituents is 1.